The second-order valence-corrected chi connectivity index (χ2v) is 3.05. The molecule has 0 spiro atoms. The molecule has 0 saturated carbocycles. The Morgan fingerprint density at radius 1 is 1.21 bits per heavy atom. The molecule has 3 nitrogen and oxygen atoms in total. The van der Waals surface area contributed by atoms with Crippen molar-refractivity contribution in [2.24, 2.45) is 0 Å². The average Bonchev–Trinajstić information content (AvgIpc) is 2.18. The van der Waals surface area contributed by atoms with Gasteiger partial charge in [0.15, 0.2) is 0 Å². The summed E-state index contributed by atoms with van der Waals surface area (Å²) in [6, 6.07) is 9.48. The first-order chi connectivity index (χ1) is 6.61. The first-order valence-corrected chi connectivity index (χ1v) is 4.34. The van der Waals surface area contributed by atoms with Crippen molar-refractivity contribution in [1.82, 2.24) is 0 Å². The number of carbonyl (C=O) groups is 1. The molecule has 14 heavy (non-hydrogen) atoms. The number of nitrogens with one attached hydrogen (secondary N) is 1. The zero-order chi connectivity index (χ0) is 10.6. The van der Waals surface area contributed by atoms with E-state index in [0.717, 1.165) is 5.69 Å². The van der Waals surface area contributed by atoms with Crippen LogP contribution in [0, 0.1) is 0 Å². The van der Waals surface area contributed by atoms with Crippen LogP contribution in [0.3, 0.4) is 0 Å². The third-order valence-electron chi connectivity index (χ3n) is 1.99. The molecule has 0 saturated heterocycles. The molecule has 1 rings (SSSR count). The lowest BCUT2D eigenvalue weighted by atomic mass is 10.2. The molecule has 0 fully saturated rings. The second-order valence-electron chi connectivity index (χ2n) is 3.05. The molecule has 0 amide bonds. The van der Waals surface area contributed by atoms with Gasteiger partial charge in [0.2, 0.25) is 0 Å². The van der Waals surface area contributed by atoms with E-state index >= 15 is 0 Å². The number of para-hydroxylation sites is 1. The summed E-state index contributed by atoms with van der Waals surface area (Å²) in [6.07, 6.45) is 0. The van der Waals surface area contributed by atoms with Gasteiger partial charge >= 0.3 is 5.97 Å². The molecular formula is C11H13NO2. The van der Waals surface area contributed by atoms with Crippen LogP contribution in [0.2, 0.25) is 0 Å². The molecular weight excluding hydrogens is 178 g/mol. The Labute approximate surface area is 83.1 Å². The smallest absolute Gasteiger partial charge is 0.333 e. The highest BCUT2D eigenvalue weighted by atomic mass is 16.4. The van der Waals surface area contributed by atoms with Crippen molar-refractivity contribution in [1.29, 1.82) is 0 Å². The number of carboxylic acid groups (broad SMARTS) is 1. The Morgan fingerprint density at radius 3 is 2.29 bits per heavy atom. The first-order valence-electron chi connectivity index (χ1n) is 4.34. The van der Waals surface area contributed by atoms with Crippen LogP contribution < -0.4 is 5.32 Å². The lowest BCUT2D eigenvalue weighted by Gasteiger charge is -2.07. The lowest BCUT2D eigenvalue weighted by molar-refractivity contribution is -0.132. The number of hydrogen-bond donors (Lipinski definition) is 2. The number of aliphatic carboxylic acids is 1. The molecule has 2 N–H and O–H groups in total. The monoisotopic (exact) mass is 191 g/mol. The number of hydrogen-bond acceptors (Lipinski definition) is 2. The minimum atomic E-state index is -0.897. The van der Waals surface area contributed by atoms with E-state index in [1.165, 1.54) is 0 Å². The summed E-state index contributed by atoms with van der Waals surface area (Å²) in [5, 5.41) is 11.8. The Morgan fingerprint density at radius 2 is 1.79 bits per heavy atom. The first kappa shape index (κ1) is 10.3. The van der Waals surface area contributed by atoms with Crippen LogP contribution in [0.4, 0.5) is 5.69 Å². The molecule has 0 heterocycles. The van der Waals surface area contributed by atoms with Crippen molar-refractivity contribution in [3.05, 3.63) is 41.6 Å². The van der Waals surface area contributed by atoms with Gasteiger partial charge in [-0.15, -0.1) is 0 Å². The molecule has 1 aromatic rings. The van der Waals surface area contributed by atoms with Gasteiger partial charge in [0.05, 0.1) is 5.57 Å². The summed E-state index contributed by atoms with van der Waals surface area (Å²) in [6.45, 7) is 3.32. The van der Waals surface area contributed by atoms with E-state index in [1.807, 2.05) is 30.3 Å². The topological polar surface area (TPSA) is 49.3 Å². The Kier molecular flexibility index (Phi) is 3.29. The van der Waals surface area contributed by atoms with E-state index in [-0.39, 0.29) is 0 Å². The number of carboxylic acids is 1. The average molecular weight is 191 g/mol. The van der Waals surface area contributed by atoms with Gasteiger partial charge in [0.1, 0.15) is 0 Å². The Hall–Kier alpha value is -1.77. The molecule has 74 valence electrons. The highest BCUT2D eigenvalue weighted by Crippen LogP contribution is 2.11. The van der Waals surface area contributed by atoms with Crippen LogP contribution >= 0.6 is 0 Å². The van der Waals surface area contributed by atoms with E-state index in [1.54, 1.807) is 13.8 Å². The van der Waals surface area contributed by atoms with Crippen molar-refractivity contribution in [2.45, 2.75) is 13.8 Å². The second kappa shape index (κ2) is 4.46. The highest BCUT2D eigenvalue weighted by molar-refractivity contribution is 5.87. The van der Waals surface area contributed by atoms with Crippen molar-refractivity contribution in [2.75, 3.05) is 5.32 Å². The molecule has 0 aliphatic heterocycles. The van der Waals surface area contributed by atoms with E-state index in [2.05, 4.69) is 5.32 Å². The predicted octanol–water partition coefficient (Wildman–Crippen LogP) is 2.48. The Balaban J connectivity index is 2.80. The van der Waals surface area contributed by atoms with E-state index < -0.39 is 5.97 Å². The number of benzene rings is 1. The number of anilines is 1. The van der Waals surface area contributed by atoms with Gasteiger partial charge in [-0.25, -0.2) is 4.79 Å². The molecule has 3 heteroatoms. The van der Waals surface area contributed by atoms with Crippen LogP contribution in [0.5, 0.6) is 0 Å². The quantitative estimate of drug-likeness (QED) is 0.721. The van der Waals surface area contributed by atoms with E-state index in [0.29, 0.717) is 11.3 Å². The van der Waals surface area contributed by atoms with Gasteiger partial charge in [-0.05, 0) is 26.0 Å². The zero-order valence-corrected chi connectivity index (χ0v) is 8.24. The fourth-order valence-corrected chi connectivity index (χ4v) is 0.992. The summed E-state index contributed by atoms with van der Waals surface area (Å²) < 4.78 is 0. The summed E-state index contributed by atoms with van der Waals surface area (Å²) in [4.78, 5) is 10.6. The maximum atomic E-state index is 10.6. The molecule has 0 unspecified atom stereocenters. The van der Waals surface area contributed by atoms with Gasteiger partial charge in [-0.2, -0.15) is 0 Å². The normalized spacial score (nSPS) is 11.9. The molecule has 0 aromatic heterocycles. The van der Waals surface area contributed by atoms with Crippen LogP contribution in [0.25, 0.3) is 0 Å². The van der Waals surface area contributed by atoms with Crippen LogP contribution in [-0.4, -0.2) is 11.1 Å². The van der Waals surface area contributed by atoms with Crippen LogP contribution in [-0.2, 0) is 4.79 Å². The van der Waals surface area contributed by atoms with E-state index in [4.69, 9.17) is 5.11 Å². The number of rotatable bonds is 3. The molecule has 1 aromatic carbocycles. The summed E-state index contributed by atoms with van der Waals surface area (Å²) >= 11 is 0. The molecule has 0 radical (unpaired) electrons. The molecule has 0 aliphatic rings. The van der Waals surface area contributed by atoms with Gasteiger partial charge in [-0.3, -0.25) is 0 Å². The summed E-state index contributed by atoms with van der Waals surface area (Å²) in [5.74, 6) is -0.897. The molecule has 0 bridgehead atoms. The van der Waals surface area contributed by atoms with Crippen molar-refractivity contribution >= 4 is 11.7 Å². The van der Waals surface area contributed by atoms with Crippen LogP contribution in [0.15, 0.2) is 41.6 Å². The minimum Gasteiger partial charge on any atom is -0.478 e. The van der Waals surface area contributed by atoms with E-state index in [9.17, 15) is 4.79 Å². The predicted molar refractivity (Wildman–Crippen MR) is 56.1 cm³/mol. The van der Waals surface area contributed by atoms with Gasteiger partial charge in [-0.1, -0.05) is 18.2 Å². The van der Waals surface area contributed by atoms with Crippen molar-refractivity contribution < 1.29 is 9.90 Å². The molecule has 0 aliphatic carbocycles. The Bertz CT molecular complexity index is 355. The lowest BCUT2D eigenvalue weighted by Crippen LogP contribution is -2.05. The van der Waals surface area contributed by atoms with Gasteiger partial charge in [0.25, 0.3) is 0 Å². The van der Waals surface area contributed by atoms with Gasteiger partial charge in [0, 0.05) is 11.4 Å². The SMILES string of the molecule is C/C(Nc1ccccc1)=C(\C)C(=O)O. The maximum Gasteiger partial charge on any atom is 0.333 e. The van der Waals surface area contributed by atoms with Crippen molar-refractivity contribution in [3.8, 4) is 0 Å². The fourth-order valence-electron chi connectivity index (χ4n) is 0.992. The minimum absolute atomic E-state index is 0.328. The zero-order valence-electron chi connectivity index (χ0n) is 8.24. The maximum absolute atomic E-state index is 10.6. The van der Waals surface area contributed by atoms with Crippen molar-refractivity contribution in [3.63, 3.8) is 0 Å². The fraction of sp³-hybridized carbons (Fsp3) is 0.182. The summed E-state index contributed by atoms with van der Waals surface area (Å²) in [5.41, 5.74) is 1.88. The largest absolute Gasteiger partial charge is 0.478 e. The van der Waals surface area contributed by atoms with Crippen LogP contribution in [0.1, 0.15) is 13.8 Å². The van der Waals surface area contributed by atoms with Gasteiger partial charge < -0.3 is 10.4 Å². The molecule has 0 atom stereocenters. The third kappa shape index (κ3) is 2.62. The standard InChI is InChI=1S/C11H13NO2/c1-8(11(13)14)9(2)12-10-6-4-3-5-7-10/h3-7,12H,1-2H3,(H,13,14)/b9-8-. The number of allylic oxidation sites excluding steroid dienone is 1. The summed E-state index contributed by atoms with van der Waals surface area (Å²) in [7, 11) is 0. The third-order valence-corrected chi connectivity index (χ3v) is 1.99. The highest BCUT2D eigenvalue weighted by Gasteiger charge is 2.04.